The van der Waals surface area contributed by atoms with Crippen LogP contribution in [0.4, 0.5) is 0 Å². The molecule has 1 atom stereocenters. The van der Waals surface area contributed by atoms with Crippen LogP contribution in [0.2, 0.25) is 0 Å². The largest absolute Gasteiger partial charge is 0.380 e. The van der Waals surface area contributed by atoms with E-state index in [-0.39, 0.29) is 5.54 Å². The van der Waals surface area contributed by atoms with Crippen molar-refractivity contribution >= 4 is 0 Å². The molecular weight excluding hydrogens is 212 g/mol. The second kappa shape index (κ2) is 7.85. The predicted molar refractivity (Wildman–Crippen MR) is 73.4 cm³/mol. The molecule has 1 saturated heterocycles. The van der Waals surface area contributed by atoms with Crippen molar-refractivity contribution in [1.82, 2.24) is 10.2 Å². The molecule has 1 N–H and O–H groups in total. The summed E-state index contributed by atoms with van der Waals surface area (Å²) in [6, 6.07) is 0. The first-order valence-corrected chi connectivity index (χ1v) is 6.86. The van der Waals surface area contributed by atoms with E-state index in [0.29, 0.717) is 0 Å². The van der Waals surface area contributed by atoms with Gasteiger partial charge in [-0.25, -0.2) is 0 Å². The summed E-state index contributed by atoms with van der Waals surface area (Å²) in [7, 11) is 0. The molecule has 1 heterocycles. The van der Waals surface area contributed by atoms with Crippen molar-refractivity contribution in [1.29, 1.82) is 0 Å². The van der Waals surface area contributed by atoms with Crippen molar-refractivity contribution in [2.24, 2.45) is 0 Å². The molecular formula is C14H28N2O. The predicted octanol–water partition coefficient (Wildman–Crippen LogP) is 2.04. The lowest BCUT2D eigenvalue weighted by atomic mass is 9.99. The van der Waals surface area contributed by atoms with Crippen LogP contribution in [0, 0.1) is 0 Å². The average Bonchev–Trinajstić information content (AvgIpc) is 2.52. The van der Waals surface area contributed by atoms with Gasteiger partial charge in [-0.05, 0) is 39.3 Å². The fraction of sp³-hybridized carbons (Fsp3) is 0.857. The van der Waals surface area contributed by atoms with Crippen molar-refractivity contribution < 1.29 is 4.74 Å². The molecule has 0 amide bonds. The van der Waals surface area contributed by atoms with Crippen LogP contribution < -0.4 is 5.32 Å². The molecule has 0 aromatic carbocycles. The number of hydrogen-bond acceptors (Lipinski definition) is 3. The minimum absolute atomic E-state index is 0.275. The van der Waals surface area contributed by atoms with Crippen molar-refractivity contribution in [2.45, 2.75) is 38.6 Å². The average molecular weight is 240 g/mol. The van der Waals surface area contributed by atoms with E-state index >= 15 is 0 Å². The summed E-state index contributed by atoms with van der Waals surface area (Å²) in [5, 5.41) is 3.65. The number of ether oxygens (including phenoxy) is 1. The standard InChI is InChI=1S/C14H28N2O/c1-4-6-11-17-12-10-16-9-7-8-15-14(3,5-2)13-16/h4,15H,1,5-13H2,2-3H3. The van der Waals surface area contributed by atoms with Gasteiger partial charge in [0.15, 0.2) is 0 Å². The first-order valence-electron chi connectivity index (χ1n) is 6.86. The van der Waals surface area contributed by atoms with Crippen LogP contribution in [0.25, 0.3) is 0 Å². The van der Waals surface area contributed by atoms with Gasteiger partial charge in [0.05, 0.1) is 13.2 Å². The highest BCUT2D eigenvalue weighted by atomic mass is 16.5. The quantitative estimate of drug-likeness (QED) is 0.544. The van der Waals surface area contributed by atoms with E-state index in [2.05, 4.69) is 30.6 Å². The van der Waals surface area contributed by atoms with Crippen molar-refractivity contribution in [3.63, 3.8) is 0 Å². The van der Waals surface area contributed by atoms with Crippen LogP contribution >= 0.6 is 0 Å². The molecule has 0 saturated carbocycles. The summed E-state index contributed by atoms with van der Waals surface area (Å²) in [4.78, 5) is 2.53. The Morgan fingerprint density at radius 1 is 1.47 bits per heavy atom. The SMILES string of the molecule is C=CCCOCCN1CCCNC(C)(CC)C1. The maximum atomic E-state index is 5.59. The molecule has 0 aromatic heterocycles. The van der Waals surface area contributed by atoms with Gasteiger partial charge in [-0.2, -0.15) is 0 Å². The molecule has 17 heavy (non-hydrogen) atoms. The van der Waals surface area contributed by atoms with Crippen LogP contribution in [0.15, 0.2) is 12.7 Å². The van der Waals surface area contributed by atoms with E-state index < -0.39 is 0 Å². The van der Waals surface area contributed by atoms with Crippen LogP contribution in [0.5, 0.6) is 0 Å². The Morgan fingerprint density at radius 2 is 2.29 bits per heavy atom. The number of rotatable bonds is 7. The Labute approximate surface area is 106 Å². The lowest BCUT2D eigenvalue weighted by Crippen LogP contribution is -2.49. The van der Waals surface area contributed by atoms with Gasteiger partial charge in [0.1, 0.15) is 0 Å². The summed E-state index contributed by atoms with van der Waals surface area (Å²) >= 11 is 0. The second-order valence-electron chi connectivity index (χ2n) is 5.16. The first-order chi connectivity index (χ1) is 8.20. The highest BCUT2D eigenvalue weighted by Crippen LogP contribution is 2.14. The maximum Gasteiger partial charge on any atom is 0.0593 e. The smallest absolute Gasteiger partial charge is 0.0593 e. The lowest BCUT2D eigenvalue weighted by Gasteiger charge is -2.32. The molecule has 1 aliphatic heterocycles. The van der Waals surface area contributed by atoms with E-state index in [0.717, 1.165) is 39.3 Å². The van der Waals surface area contributed by atoms with Crippen molar-refractivity contribution in [2.75, 3.05) is 39.4 Å². The monoisotopic (exact) mass is 240 g/mol. The molecule has 0 radical (unpaired) electrons. The van der Waals surface area contributed by atoms with Gasteiger partial charge in [-0.1, -0.05) is 13.0 Å². The summed E-state index contributed by atoms with van der Waals surface area (Å²) in [5.74, 6) is 0. The zero-order chi connectivity index (χ0) is 12.6. The molecule has 100 valence electrons. The molecule has 1 aliphatic rings. The number of hydrogen-bond donors (Lipinski definition) is 1. The van der Waals surface area contributed by atoms with Crippen molar-refractivity contribution in [3.05, 3.63) is 12.7 Å². The van der Waals surface area contributed by atoms with E-state index in [4.69, 9.17) is 4.74 Å². The summed E-state index contributed by atoms with van der Waals surface area (Å²) in [5.41, 5.74) is 0.275. The van der Waals surface area contributed by atoms with Crippen LogP contribution in [-0.2, 0) is 4.74 Å². The summed E-state index contributed by atoms with van der Waals surface area (Å²) < 4.78 is 5.59. The lowest BCUT2D eigenvalue weighted by molar-refractivity contribution is 0.0996. The maximum absolute atomic E-state index is 5.59. The Kier molecular flexibility index (Phi) is 6.78. The fourth-order valence-corrected chi connectivity index (χ4v) is 2.21. The van der Waals surface area contributed by atoms with Crippen LogP contribution in [0.3, 0.4) is 0 Å². The fourth-order valence-electron chi connectivity index (χ4n) is 2.21. The van der Waals surface area contributed by atoms with Gasteiger partial charge in [-0.3, -0.25) is 4.90 Å². The molecule has 1 fully saturated rings. The number of nitrogens with zero attached hydrogens (tertiary/aromatic N) is 1. The Bertz CT molecular complexity index is 220. The number of nitrogens with one attached hydrogen (secondary N) is 1. The molecule has 1 rings (SSSR count). The van der Waals surface area contributed by atoms with E-state index in [9.17, 15) is 0 Å². The second-order valence-corrected chi connectivity index (χ2v) is 5.16. The van der Waals surface area contributed by atoms with E-state index in [1.165, 1.54) is 19.4 Å². The summed E-state index contributed by atoms with van der Waals surface area (Å²) in [6.45, 7) is 14.4. The van der Waals surface area contributed by atoms with Gasteiger partial charge < -0.3 is 10.1 Å². The molecule has 0 bridgehead atoms. The zero-order valence-electron chi connectivity index (χ0n) is 11.5. The van der Waals surface area contributed by atoms with Gasteiger partial charge in [0.2, 0.25) is 0 Å². The Morgan fingerprint density at radius 3 is 3.00 bits per heavy atom. The molecule has 3 heteroatoms. The third-order valence-corrected chi connectivity index (χ3v) is 3.57. The molecule has 0 spiro atoms. The molecule has 1 unspecified atom stereocenters. The molecule has 0 aromatic rings. The van der Waals surface area contributed by atoms with Crippen LogP contribution in [-0.4, -0.2) is 49.8 Å². The highest BCUT2D eigenvalue weighted by molar-refractivity contribution is 4.87. The van der Waals surface area contributed by atoms with Gasteiger partial charge in [-0.15, -0.1) is 6.58 Å². The third-order valence-electron chi connectivity index (χ3n) is 3.57. The van der Waals surface area contributed by atoms with E-state index in [1.54, 1.807) is 0 Å². The molecule has 3 nitrogen and oxygen atoms in total. The topological polar surface area (TPSA) is 24.5 Å². The van der Waals surface area contributed by atoms with Gasteiger partial charge in [0.25, 0.3) is 0 Å². The van der Waals surface area contributed by atoms with E-state index in [1.807, 2.05) is 6.08 Å². The third kappa shape index (κ3) is 5.66. The molecule has 0 aliphatic carbocycles. The Hall–Kier alpha value is -0.380. The summed E-state index contributed by atoms with van der Waals surface area (Å²) in [6.07, 6.45) is 5.28. The van der Waals surface area contributed by atoms with Crippen molar-refractivity contribution in [3.8, 4) is 0 Å². The zero-order valence-corrected chi connectivity index (χ0v) is 11.5. The van der Waals surface area contributed by atoms with Crippen LogP contribution in [0.1, 0.15) is 33.1 Å². The normalized spacial score (nSPS) is 26.7. The minimum Gasteiger partial charge on any atom is -0.380 e. The minimum atomic E-state index is 0.275. The first kappa shape index (κ1) is 14.7. The Balaban J connectivity index is 2.24. The van der Waals surface area contributed by atoms with Gasteiger partial charge >= 0.3 is 0 Å². The highest BCUT2D eigenvalue weighted by Gasteiger charge is 2.26. The van der Waals surface area contributed by atoms with Gasteiger partial charge in [0, 0.05) is 18.6 Å².